The fourth-order valence-electron chi connectivity index (χ4n) is 4.64. The van der Waals surface area contributed by atoms with Crippen molar-refractivity contribution in [1.29, 1.82) is 0 Å². The fraction of sp³-hybridized carbons (Fsp3) is 0.440. The number of hydrogen-bond acceptors (Lipinski definition) is 5. The lowest BCUT2D eigenvalue weighted by molar-refractivity contribution is -0.154. The van der Waals surface area contributed by atoms with Crippen molar-refractivity contribution in [2.24, 2.45) is 0 Å². The van der Waals surface area contributed by atoms with E-state index in [1.165, 1.54) is 23.9 Å². The summed E-state index contributed by atoms with van der Waals surface area (Å²) in [6.07, 6.45) is 0.509. The first kappa shape index (κ1) is 21.4. The Hall–Kier alpha value is -2.86. The summed E-state index contributed by atoms with van der Waals surface area (Å²) in [5, 5.41) is 0. The summed E-state index contributed by atoms with van der Waals surface area (Å²) < 4.78 is 5.01. The minimum absolute atomic E-state index is 0.00918. The Kier molecular flexibility index (Phi) is 6.28. The van der Waals surface area contributed by atoms with Gasteiger partial charge in [-0.1, -0.05) is 36.4 Å². The van der Waals surface area contributed by atoms with Gasteiger partial charge in [0.2, 0.25) is 5.91 Å². The summed E-state index contributed by atoms with van der Waals surface area (Å²) >= 11 is 0. The zero-order chi connectivity index (χ0) is 22.0. The lowest BCUT2D eigenvalue weighted by Crippen LogP contribution is -2.54. The molecular formula is C25H31N3O3. The zero-order valence-electron chi connectivity index (χ0n) is 18.6. The molecule has 1 saturated heterocycles. The highest BCUT2D eigenvalue weighted by molar-refractivity contribution is 5.86. The summed E-state index contributed by atoms with van der Waals surface area (Å²) in [6, 6.07) is 13.9. The molecule has 4 rings (SSSR count). The van der Waals surface area contributed by atoms with Crippen molar-refractivity contribution in [2.45, 2.75) is 32.9 Å². The highest BCUT2D eigenvalue weighted by Crippen LogP contribution is 2.26. The lowest BCUT2D eigenvalue weighted by Gasteiger charge is -2.39. The molecule has 1 fully saturated rings. The Morgan fingerprint density at radius 1 is 0.968 bits per heavy atom. The van der Waals surface area contributed by atoms with Gasteiger partial charge in [-0.05, 0) is 42.2 Å². The number of carbonyl (C=O) groups is 2. The molecule has 2 aromatic carbocycles. The van der Waals surface area contributed by atoms with Gasteiger partial charge in [0.25, 0.3) is 0 Å². The Bertz CT molecular complexity index is 966. The summed E-state index contributed by atoms with van der Waals surface area (Å²) in [7, 11) is 1.39. The number of amides is 1. The smallest absolute Gasteiger partial charge is 0.328 e. The molecule has 1 amide bonds. The lowest BCUT2D eigenvalue weighted by atomic mass is 9.94. The van der Waals surface area contributed by atoms with Crippen molar-refractivity contribution >= 4 is 17.6 Å². The van der Waals surface area contributed by atoms with Crippen LogP contribution in [-0.2, 0) is 27.3 Å². The molecule has 164 valence electrons. The van der Waals surface area contributed by atoms with E-state index in [2.05, 4.69) is 41.8 Å². The van der Waals surface area contributed by atoms with Crippen LogP contribution in [0.3, 0.4) is 0 Å². The molecule has 2 aliphatic rings. The number of fused-ring (bicyclic) bond motifs is 1. The van der Waals surface area contributed by atoms with E-state index in [0.717, 1.165) is 37.3 Å². The maximum atomic E-state index is 13.2. The van der Waals surface area contributed by atoms with Crippen LogP contribution in [0.1, 0.15) is 22.3 Å². The van der Waals surface area contributed by atoms with Gasteiger partial charge in [0, 0.05) is 44.8 Å². The van der Waals surface area contributed by atoms with Crippen molar-refractivity contribution in [3.05, 3.63) is 64.7 Å². The fourth-order valence-corrected chi connectivity index (χ4v) is 4.64. The number of esters is 1. The molecule has 2 heterocycles. The van der Waals surface area contributed by atoms with Gasteiger partial charge in [-0.25, -0.2) is 4.79 Å². The van der Waals surface area contributed by atoms with E-state index in [9.17, 15) is 9.59 Å². The van der Waals surface area contributed by atoms with E-state index in [0.29, 0.717) is 19.5 Å². The molecule has 2 aromatic rings. The second kappa shape index (κ2) is 9.10. The topological polar surface area (TPSA) is 53.1 Å². The van der Waals surface area contributed by atoms with Crippen LogP contribution in [0.2, 0.25) is 0 Å². The molecule has 0 bridgehead atoms. The molecule has 0 spiro atoms. The number of benzene rings is 2. The number of anilines is 1. The minimum Gasteiger partial charge on any atom is -0.467 e. The van der Waals surface area contributed by atoms with Crippen molar-refractivity contribution in [3.8, 4) is 0 Å². The highest BCUT2D eigenvalue weighted by atomic mass is 16.5. The van der Waals surface area contributed by atoms with E-state index in [1.807, 2.05) is 24.3 Å². The third-order valence-corrected chi connectivity index (χ3v) is 6.69. The van der Waals surface area contributed by atoms with Crippen LogP contribution < -0.4 is 4.90 Å². The third-order valence-electron chi connectivity index (χ3n) is 6.69. The van der Waals surface area contributed by atoms with Crippen LogP contribution >= 0.6 is 0 Å². The molecule has 1 unspecified atom stereocenters. The van der Waals surface area contributed by atoms with Crippen LogP contribution in [0.15, 0.2) is 42.5 Å². The first-order valence-corrected chi connectivity index (χ1v) is 11.0. The number of nitrogens with zero attached hydrogens (tertiary/aromatic N) is 3. The van der Waals surface area contributed by atoms with Crippen molar-refractivity contribution in [1.82, 2.24) is 9.80 Å². The summed E-state index contributed by atoms with van der Waals surface area (Å²) in [6.45, 7) is 8.53. The Morgan fingerprint density at radius 2 is 1.68 bits per heavy atom. The highest BCUT2D eigenvalue weighted by Gasteiger charge is 2.36. The van der Waals surface area contributed by atoms with Gasteiger partial charge in [0.15, 0.2) is 0 Å². The molecule has 0 N–H and O–H groups in total. The number of ether oxygens (including phenoxy) is 1. The third kappa shape index (κ3) is 4.44. The van der Waals surface area contributed by atoms with Crippen molar-refractivity contribution < 1.29 is 14.3 Å². The predicted octanol–water partition coefficient (Wildman–Crippen LogP) is 2.55. The van der Waals surface area contributed by atoms with Gasteiger partial charge >= 0.3 is 5.97 Å². The number of rotatable bonds is 4. The number of methoxy groups -OCH3 is 1. The first-order chi connectivity index (χ1) is 15.0. The number of aryl methyl sites for hydroxylation is 1. The van der Waals surface area contributed by atoms with E-state index >= 15 is 0 Å². The largest absolute Gasteiger partial charge is 0.467 e. The van der Waals surface area contributed by atoms with Crippen LogP contribution in [0.4, 0.5) is 5.69 Å². The SMILES string of the molecule is COC(=O)C1Cc2ccccc2CN1C(=O)CN1CCN(c2cccc(C)c2C)CC1. The predicted molar refractivity (Wildman–Crippen MR) is 121 cm³/mol. The van der Waals surface area contributed by atoms with Gasteiger partial charge in [-0.3, -0.25) is 9.69 Å². The Labute approximate surface area is 184 Å². The van der Waals surface area contributed by atoms with E-state index in [4.69, 9.17) is 4.74 Å². The van der Waals surface area contributed by atoms with Crippen LogP contribution in [0.5, 0.6) is 0 Å². The second-order valence-corrected chi connectivity index (χ2v) is 8.52. The van der Waals surface area contributed by atoms with Gasteiger partial charge in [-0.15, -0.1) is 0 Å². The molecule has 31 heavy (non-hydrogen) atoms. The summed E-state index contributed by atoms with van der Waals surface area (Å²) in [4.78, 5) is 31.9. The second-order valence-electron chi connectivity index (χ2n) is 8.52. The quantitative estimate of drug-likeness (QED) is 0.711. The number of carbonyl (C=O) groups excluding carboxylic acids is 2. The van der Waals surface area contributed by atoms with E-state index < -0.39 is 6.04 Å². The molecule has 6 nitrogen and oxygen atoms in total. The maximum Gasteiger partial charge on any atom is 0.328 e. The molecule has 6 heteroatoms. The van der Waals surface area contributed by atoms with Crippen LogP contribution in [-0.4, -0.2) is 67.6 Å². The molecule has 1 atom stereocenters. The molecule has 0 radical (unpaired) electrons. The van der Waals surface area contributed by atoms with Crippen molar-refractivity contribution in [3.63, 3.8) is 0 Å². The molecule has 2 aliphatic heterocycles. The van der Waals surface area contributed by atoms with Crippen LogP contribution in [0.25, 0.3) is 0 Å². The first-order valence-electron chi connectivity index (χ1n) is 11.0. The molecule has 0 saturated carbocycles. The summed E-state index contributed by atoms with van der Waals surface area (Å²) in [5.74, 6) is -0.354. The molecular weight excluding hydrogens is 390 g/mol. The normalized spacial score (nSPS) is 19.1. The molecule has 0 aliphatic carbocycles. The Balaban J connectivity index is 1.41. The average molecular weight is 422 g/mol. The van der Waals surface area contributed by atoms with Gasteiger partial charge in [-0.2, -0.15) is 0 Å². The molecule has 0 aromatic heterocycles. The van der Waals surface area contributed by atoms with Crippen molar-refractivity contribution in [2.75, 3.05) is 44.7 Å². The maximum absolute atomic E-state index is 13.2. The summed E-state index contributed by atoms with van der Waals surface area (Å²) in [5.41, 5.74) is 6.12. The zero-order valence-corrected chi connectivity index (χ0v) is 18.6. The van der Waals surface area contributed by atoms with Crippen LogP contribution in [0, 0.1) is 13.8 Å². The average Bonchev–Trinajstić information content (AvgIpc) is 2.80. The Morgan fingerprint density at radius 3 is 2.39 bits per heavy atom. The van der Waals surface area contributed by atoms with Gasteiger partial charge < -0.3 is 14.5 Å². The number of hydrogen-bond donors (Lipinski definition) is 0. The minimum atomic E-state index is -0.552. The van der Waals surface area contributed by atoms with Gasteiger partial charge in [0.1, 0.15) is 6.04 Å². The van der Waals surface area contributed by atoms with E-state index in [1.54, 1.807) is 4.90 Å². The standard InChI is InChI=1S/C25H31N3O3/c1-18-7-6-10-22(19(18)2)27-13-11-26(12-14-27)17-24(29)28-16-21-9-5-4-8-20(21)15-23(28)25(30)31-3/h4-10,23H,11-17H2,1-3H3. The van der Waals surface area contributed by atoms with E-state index in [-0.39, 0.29) is 11.9 Å². The number of piperazine rings is 1. The monoisotopic (exact) mass is 421 g/mol. The van der Waals surface area contributed by atoms with Gasteiger partial charge in [0.05, 0.1) is 13.7 Å².